The van der Waals surface area contributed by atoms with Gasteiger partial charge in [0.05, 0.1) is 0 Å². The van der Waals surface area contributed by atoms with Gasteiger partial charge in [0.15, 0.2) is 0 Å². The molecular formula is C9H6BF3O2. The minimum atomic E-state index is -3.67. The SMILES string of the molecule is FB(F)F.O=c1ccc2ccccc2o1. The zero-order valence-corrected chi connectivity index (χ0v) is 7.49. The second-order valence-corrected chi connectivity index (χ2v) is 2.54. The Balaban J connectivity index is 0.000000245. The first-order valence-electron chi connectivity index (χ1n) is 4.01. The van der Waals surface area contributed by atoms with Crippen molar-refractivity contribution in [3.8, 4) is 0 Å². The van der Waals surface area contributed by atoms with Gasteiger partial charge in [0, 0.05) is 11.5 Å². The van der Waals surface area contributed by atoms with Gasteiger partial charge in [0.2, 0.25) is 0 Å². The van der Waals surface area contributed by atoms with Crippen LogP contribution in [-0.4, -0.2) is 7.54 Å². The zero-order chi connectivity index (χ0) is 11.3. The molecule has 0 radical (unpaired) electrons. The number of para-hydroxylation sites is 1. The van der Waals surface area contributed by atoms with Gasteiger partial charge in [-0.2, -0.15) is 0 Å². The largest absolute Gasteiger partial charge is 0.762 e. The molecule has 2 rings (SSSR count). The first kappa shape index (κ1) is 11.4. The smallest absolute Gasteiger partial charge is 0.423 e. The molecule has 0 amide bonds. The molecule has 0 atom stereocenters. The van der Waals surface area contributed by atoms with E-state index in [0.29, 0.717) is 5.58 Å². The van der Waals surface area contributed by atoms with Gasteiger partial charge in [-0.15, -0.1) is 0 Å². The van der Waals surface area contributed by atoms with E-state index in [0.717, 1.165) is 5.39 Å². The van der Waals surface area contributed by atoms with Crippen LogP contribution in [0.25, 0.3) is 11.0 Å². The fourth-order valence-corrected chi connectivity index (χ4v) is 1.01. The lowest BCUT2D eigenvalue weighted by Crippen LogP contribution is -1.93. The zero-order valence-electron chi connectivity index (χ0n) is 7.49. The summed E-state index contributed by atoms with van der Waals surface area (Å²) in [6.45, 7) is 0. The normalized spacial score (nSPS) is 9.27. The number of benzene rings is 1. The van der Waals surface area contributed by atoms with Crippen LogP contribution in [0.3, 0.4) is 0 Å². The molecule has 0 N–H and O–H groups in total. The highest BCUT2D eigenvalue weighted by atomic mass is 19.4. The van der Waals surface area contributed by atoms with Gasteiger partial charge < -0.3 is 4.42 Å². The summed E-state index contributed by atoms with van der Waals surface area (Å²) in [5, 5.41) is 0.951. The Labute approximate surface area is 83.6 Å². The third-order valence-corrected chi connectivity index (χ3v) is 1.53. The van der Waals surface area contributed by atoms with Crippen molar-refractivity contribution >= 4 is 18.5 Å². The second kappa shape index (κ2) is 5.24. The van der Waals surface area contributed by atoms with Crippen LogP contribution >= 0.6 is 0 Å². The van der Waals surface area contributed by atoms with E-state index in [4.69, 9.17) is 4.42 Å². The minimum Gasteiger partial charge on any atom is -0.423 e. The standard InChI is InChI=1S/C9H6O2.BF3/c10-9-6-5-7-3-1-2-4-8(7)11-9;2-1(3)4/h1-6H;. The maximum Gasteiger partial charge on any atom is 0.762 e. The minimum absolute atomic E-state index is 0.302. The molecule has 1 heterocycles. The summed E-state index contributed by atoms with van der Waals surface area (Å²) >= 11 is 0. The fraction of sp³-hybridized carbons (Fsp3) is 0. The van der Waals surface area contributed by atoms with Gasteiger partial charge in [0.1, 0.15) is 5.58 Å². The second-order valence-electron chi connectivity index (χ2n) is 2.54. The average molecular weight is 214 g/mol. The molecule has 15 heavy (non-hydrogen) atoms. The van der Waals surface area contributed by atoms with E-state index < -0.39 is 7.54 Å². The molecule has 0 unspecified atom stereocenters. The highest BCUT2D eigenvalue weighted by Crippen LogP contribution is 2.08. The number of fused-ring (bicyclic) bond motifs is 1. The van der Waals surface area contributed by atoms with E-state index in [1.165, 1.54) is 6.07 Å². The van der Waals surface area contributed by atoms with Gasteiger partial charge >= 0.3 is 13.2 Å². The summed E-state index contributed by atoms with van der Waals surface area (Å²) in [6.07, 6.45) is 0. The number of rotatable bonds is 0. The summed E-state index contributed by atoms with van der Waals surface area (Å²) in [4.78, 5) is 10.7. The Bertz CT molecular complexity index is 481. The molecule has 78 valence electrons. The highest BCUT2D eigenvalue weighted by Gasteiger charge is 2.06. The van der Waals surface area contributed by atoms with Gasteiger partial charge in [-0.25, -0.2) is 4.79 Å². The van der Waals surface area contributed by atoms with Gasteiger partial charge in [-0.05, 0) is 12.1 Å². The molecule has 6 heteroatoms. The van der Waals surface area contributed by atoms with Crippen LogP contribution < -0.4 is 5.63 Å². The Kier molecular flexibility index (Phi) is 3.97. The summed E-state index contributed by atoms with van der Waals surface area (Å²) in [5.74, 6) is 0. The van der Waals surface area contributed by atoms with Crippen molar-refractivity contribution in [2.75, 3.05) is 0 Å². The van der Waals surface area contributed by atoms with Crippen LogP contribution in [0.5, 0.6) is 0 Å². The molecule has 1 aromatic heterocycles. The van der Waals surface area contributed by atoms with Crippen molar-refractivity contribution in [2.24, 2.45) is 0 Å². The Hall–Kier alpha value is -1.72. The Morgan fingerprint density at radius 1 is 1.00 bits per heavy atom. The van der Waals surface area contributed by atoms with Crippen molar-refractivity contribution in [1.82, 2.24) is 0 Å². The van der Waals surface area contributed by atoms with E-state index in [1.54, 1.807) is 12.1 Å². The van der Waals surface area contributed by atoms with Crippen molar-refractivity contribution in [2.45, 2.75) is 0 Å². The van der Waals surface area contributed by atoms with Crippen LogP contribution in [0.2, 0.25) is 0 Å². The first-order chi connectivity index (χ1) is 7.09. The lowest BCUT2D eigenvalue weighted by Gasteiger charge is -1.91. The molecule has 2 nitrogen and oxygen atoms in total. The van der Waals surface area contributed by atoms with E-state index in [1.807, 2.05) is 18.2 Å². The van der Waals surface area contributed by atoms with Crippen LogP contribution in [0, 0.1) is 0 Å². The van der Waals surface area contributed by atoms with Crippen molar-refractivity contribution in [1.29, 1.82) is 0 Å². The van der Waals surface area contributed by atoms with Gasteiger partial charge in [0.25, 0.3) is 0 Å². The maximum absolute atomic E-state index is 10.7. The van der Waals surface area contributed by atoms with Crippen LogP contribution in [0.4, 0.5) is 12.9 Å². The van der Waals surface area contributed by atoms with Crippen LogP contribution in [-0.2, 0) is 0 Å². The van der Waals surface area contributed by atoms with Crippen LogP contribution in [0.15, 0.2) is 45.6 Å². The van der Waals surface area contributed by atoms with Crippen molar-refractivity contribution < 1.29 is 17.4 Å². The number of hydrogen-bond acceptors (Lipinski definition) is 2. The Morgan fingerprint density at radius 3 is 2.27 bits per heavy atom. The van der Waals surface area contributed by atoms with Gasteiger partial charge in [-0.1, -0.05) is 18.2 Å². The molecule has 1 aromatic carbocycles. The third-order valence-electron chi connectivity index (χ3n) is 1.53. The number of hydrogen-bond donors (Lipinski definition) is 0. The average Bonchev–Trinajstić information content (AvgIpc) is 2.16. The quantitative estimate of drug-likeness (QED) is 0.498. The lowest BCUT2D eigenvalue weighted by atomic mass is 10.2. The lowest BCUT2D eigenvalue weighted by molar-refractivity contribution is 0.535. The van der Waals surface area contributed by atoms with E-state index in [2.05, 4.69) is 0 Å². The summed E-state index contributed by atoms with van der Waals surface area (Å²) < 4.78 is 33.9. The summed E-state index contributed by atoms with van der Waals surface area (Å²) in [6, 6.07) is 10.6. The van der Waals surface area contributed by atoms with E-state index in [9.17, 15) is 17.7 Å². The molecule has 0 saturated heterocycles. The Morgan fingerprint density at radius 2 is 1.60 bits per heavy atom. The molecular weight excluding hydrogens is 208 g/mol. The van der Waals surface area contributed by atoms with E-state index >= 15 is 0 Å². The van der Waals surface area contributed by atoms with Crippen molar-refractivity contribution in [3.05, 3.63) is 46.8 Å². The summed E-state index contributed by atoms with van der Waals surface area (Å²) in [5.41, 5.74) is 0.337. The molecule has 0 spiro atoms. The fourth-order valence-electron chi connectivity index (χ4n) is 1.01. The molecule has 0 fully saturated rings. The third kappa shape index (κ3) is 3.89. The maximum atomic E-state index is 10.7. The van der Waals surface area contributed by atoms with Crippen molar-refractivity contribution in [3.63, 3.8) is 0 Å². The predicted octanol–water partition coefficient (Wildman–Crippen LogP) is 2.67. The molecule has 2 aromatic rings. The molecule has 0 aliphatic carbocycles. The van der Waals surface area contributed by atoms with Gasteiger partial charge in [-0.3, -0.25) is 12.9 Å². The highest BCUT2D eigenvalue weighted by molar-refractivity contribution is 6.33. The molecule has 0 aliphatic rings. The monoisotopic (exact) mass is 214 g/mol. The molecule has 0 aliphatic heterocycles. The van der Waals surface area contributed by atoms with Crippen LogP contribution in [0.1, 0.15) is 0 Å². The first-order valence-corrected chi connectivity index (χ1v) is 4.01. The molecule has 0 bridgehead atoms. The number of halogens is 3. The molecule has 0 saturated carbocycles. The predicted molar refractivity (Wildman–Crippen MR) is 51.6 cm³/mol. The van der Waals surface area contributed by atoms with E-state index in [-0.39, 0.29) is 5.63 Å². The summed E-state index contributed by atoms with van der Waals surface area (Å²) in [7, 11) is -3.67. The topological polar surface area (TPSA) is 30.2 Å².